The Morgan fingerprint density at radius 1 is 0.949 bits per heavy atom. The number of tetrazole rings is 1. The number of ether oxygens (including phenoxy) is 1. The first kappa shape index (κ1) is 24.8. The lowest BCUT2D eigenvalue weighted by Crippen LogP contribution is -2.49. The SMILES string of the molecule is COc1ccccc1N1CCN(C(c2cc3cc(C)ccc3[nH]c2=O)c2nnnn2Cc2ccccc2)CC1. The predicted molar refractivity (Wildman–Crippen MR) is 151 cm³/mol. The van der Waals surface area contributed by atoms with Gasteiger partial charge in [-0.2, -0.15) is 0 Å². The smallest absolute Gasteiger partial charge is 0.253 e. The maximum absolute atomic E-state index is 13.5. The Bertz CT molecular complexity index is 1640. The third kappa shape index (κ3) is 5.00. The molecule has 0 bridgehead atoms. The van der Waals surface area contributed by atoms with Crippen LogP contribution in [-0.4, -0.2) is 63.4 Å². The summed E-state index contributed by atoms with van der Waals surface area (Å²) in [7, 11) is 1.70. The number of hydrogen-bond acceptors (Lipinski definition) is 7. The Kier molecular flexibility index (Phi) is 6.81. The zero-order valence-corrected chi connectivity index (χ0v) is 22.1. The van der Waals surface area contributed by atoms with E-state index in [4.69, 9.17) is 4.74 Å². The van der Waals surface area contributed by atoms with E-state index >= 15 is 0 Å². The molecule has 1 saturated heterocycles. The number of benzene rings is 3. The van der Waals surface area contributed by atoms with Crippen LogP contribution in [-0.2, 0) is 6.54 Å². The molecule has 9 heteroatoms. The summed E-state index contributed by atoms with van der Waals surface area (Å²) in [5.41, 5.74) is 4.63. The van der Waals surface area contributed by atoms with E-state index in [1.165, 1.54) is 0 Å². The Balaban J connectivity index is 1.39. The summed E-state index contributed by atoms with van der Waals surface area (Å²) in [6.45, 7) is 5.59. The molecule has 1 aliphatic rings. The largest absolute Gasteiger partial charge is 0.495 e. The first-order valence-electron chi connectivity index (χ1n) is 13.2. The molecular formula is C30H31N7O2. The van der Waals surface area contributed by atoms with Crippen LogP contribution < -0.4 is 15.2 Å². The van der Waals surface area contributed by atoms with E-state index < -0.39 is 6.04 Å². The zero-order valence-electron chi connectivity index (χ0n) is 22.1. The van der Waals surface area contributed by atoms with Gasteiger partial charge in [-0.3, -0.25) is 9.69 Å². The standard InChI is InChI=1S/C30H31N7O2/c1-21-12-13-25-23(18-21)19-24(30(38)31-25)28(29-32-33-34-37(29)20-22-8-4-3-5-9-22)36-16-14-35(15-17-36)26-10-6-7-11-27(26)39-2/h3-13,18-19,28H,14-17,20H2,1-2H3,(H,31,38). The number of methoxy groups -OCH3 is 1. The number of para-hydroxylation sites is 2. The molecule has 1 N–H and O–H groups in total. The van der Waals surface area contributed by atoms with E-state index in [2.05, 4.69) is 61.5 Å². The molecule has 0 aliphatic carbocycles. The molecule has 6 rings (SSSR count). The first-order valence-corrected chi connectivity index (χ1v) is 13.2. The minimum atomic E-state index is -0.405. The molecule has 1 fully saturated rings. The van der Waals surface area contributed by atoms with Crippen LogP contribution >= 0.6 is 0 Å². The third-order valence-electron chi connectivity index (χ3n) is 7.41. The molecule has 3 aromatic carbocycles. The first-order chi connectivity index (χ1) is 19.1. The second-order valence-electron chi connectivity index (χ2n) is 9.92. The molecular weight excluding hydrogens is 490 g/mol. The van der Waals surface area contributed by atoms with Crippen LogP contribution in [0.5, 0.6) is 5.75 Å². The van der Waals surface area contributed by atoms with Gasteiger partial charge in [0.05, 0.1) is 19.3 Å². The number of fused-ring (bicyclic) bond motifs is 1. The zero-order chi connectivity index (χ0) is 26.8. The molecule has 1 unspecified atom stereocenters. The lowest BCUT2D eigenvalue weighted by molar-refractivity contribution is 0.200. The van der Waals surface area contributed by atoms with Gasteiger partial charge in [0.1, 0.15) is 11.8 Å². The van der Waals surface area contributed by atoms with Gasteiger partial charge in [0.15, 0.2) is 5.82 Å². The number of H-pyrrole nitrogens is 1. The van der Waals surface area contributed by atoms with E-state index in [1.807, 2.05) is 59.3 Å². The summed E-state index contributed by atoms with van der Waals surface area (Å²) in [6.07, 6.45) is 0. The van der Waals surface area contributed by atoms with Gasteiger partial charge in [-0.15, -0.1) is 5.10 Å². The van der Waals surface area contributed by atoms with Crippen molar-refractivity contribution >= 4 is 16.6 Å². The number of aromatic amines is 1. The molecule has 1 atom stereocenters. The van der Waals surface area contributed by atoms with Gasteiger partial charge in [0.2, 0.25) is 0 Å². The number of anilines is 1. The molecule has 1 aliphatic heterocycles. The number of nitrogens with one attached hydrogen (secondary N) is 1. The van der Waals surface area contributed by atoms with Gasteiger partial charge < -0.3 is 14.6 Å². The van der Waals surface area contributed by atoms with E-state index in [0.29, 0.717) is 17.9 Å². The summed E-state index contributed by atoms with van der Waals surface area (Å²) in [5, 5.41) is 13.9. The number of nitrogens with zero attached hydrogens (tertiary/aromatic N) is 6. The van der Waals surface area contributed by atoms with Crippen LogP contribution in [0.2, 0.25) is 0 Å². The average molecular weight is 522 g/mol. The molecule has 9 nitrogen and oxygen atoms in total. The van der Waals surface area contributed by atoms with Crippen molar-refractivity contribution in [2.45, 2.75) is 19.5 Å². The van der Waals surface area contributed by atoms with Crippen molar-refractivity contribution < 1.29 is 4.74 Å². The number of piperazine rings is 1. The fourth-order valence-corrected chi connectivity index (χ4v) is 5.43. The topological polar surface area (TPSA) is 92.2 Å². The number of hydrogen-bond donors (Lipinski definition) is 1. The van der Waals surface area contributed by atoms with Gasteiger partial charge in [-0.1, -0.05) is 54.1 Å². The number of rotatable bonds is 7. The van der Waals surface area contributed by atoms with Gasteiger partial charge in [0.25, 0.3) is 5.56 Å². The van der Waals surface area contributed by atoms with Gasteiger partial charge in [0, 0.05) is 37.3 Å². The molecule has 39 heavy (non-hydrogen) atoms. The second kappa shape index (κ2) is 10.7. The van der Waals surface area contributed by atoms with Gasteiger partial charge in [-0.25, -0.2) is 4.68 Å². The number of pyridine rings is 1. The van der Waals surface area contributed by atoms with Crippen molar-refractivity contribution in [2.24, 2.45) is 0 Å². The molecule has 5 aromatic rings. The van der Waals surface area contributed by atoms with Crippen molar-refractivity contribution in [3.63, 3.8) is 0 Å². The average Bonchev–Trinajstić information content (AvgIpc) is 3.42. The lowest BCUT2D eigenvalue weighted by atomic mass is 10.0. The number of aryl methyl sites for hydroxylation is 1. The van der Waals surface area contributed by atoms with Crippen LogP contribution in [0.4, 0.5) is 5.69 Å². The molecule has 0 spiro atoms. The maximum atomic E-state index is 13.5. The quantitative estimate of drug-likeness (QED) is 0.348. The summed E-state index contributed by atoms with van der Waals surface area (Å²) >= 11 is 0. The Hall–Kier alpha value is -4.50. The van der Waals surface area contributed by atoms with E-state index in [1.54, 1.807) is 7.11 Å². The summed E-state index contributed by atoms with van der Waals surface area (Å²) in [4.78, 5) is 21.3. The Labute approximate surface area is 226 Å². The normalized spacial score (nSPS) is 15.0. The highest BCUT2D eigenvalue weighted by atomic mass is 16.5. The molecule has 0 saturated carbocycles. The van der Waals surface area contributed by atoms with E-state index in [-0.39, 0.29) is 5.56 Å². The second-order valence-corrected chi connectivity index (χ2v) is 9.92. The maximum Gasteiger partial charge on any atom is 0.253 e. The molecule has 3 heterocycles. The van der Waals surface area contributed by atoms with Crippen molar-refractivity contribution in [3.8, 4) is 5.75 Å². The Morgan fingerprint density at radius 3 is 2.51 bits per heavy atom. The summed E-state index contributed by atoms with van der Waals surface area (Å²) < 4.78 is 7.42. The third-order valence-corrected chi connectivity index (χ3v) is 7.41. The van der Waals surface area contributed by atoms with Gasteiger partial charge in [-0.05, 0) is 58.6 Å². The lowest BCUT2D eigenvalue weighted by Gasteiger charge is -2.40. The molecule has 2 aromatic heterocycles. The van der Waals surface area contributed by atoms with Crippen molar-refractivity contribution in [2.75, 3.05) is 38.2 Å². The highest BCUT2D eigenvalue weighted by Gasteiger charge is 2.33. The molecule has 0 radical (unpaired) electrons. The highest BCUT2D eigenvalue weighted by Crippen LogP contribution is 2.32. The van der Waals surface area contributed by atoms with E-state index in [9.17, 15) is 4.79 Å². The summed E-state index contributed by atoms with van der Waals surface area (Å²) in [6, 6.07) is 25.8. The van der Waals surface area contributed by atoms with Crippen LogP contribution in [0.3, 0.4) is 0 Å². The number of aromatic nitrogens is 5. The molecule has 0 amide bonds. The minimum Gasteiger partial charge on any atom is -0.495 e. The summed E-state index contributed by atoms with van der Waals surface area (Å²) in [5.74, 6) is 1.51. The van der Waals surface area contributed by atoms with Crippen molar-refractivity contribution in [1.29, 1.82) is 0 Å². The fourth-order valence-electron chi connectivity index (χ4n) is 5.43. The van der Waals surface area contributed by atoms with Crippen LogP contribution in [0.25, 0.3) is 10.9 Å². The van der Waals surface area contributed by atoms with Crippen molar-refractivity contribution in [1.82, 2.24) is 30.1 Å². The predicted octanol–water partition coefficient (Wildman–Crippen LogP) is 3.79. The monoisotopic (exact) mass is 521 g/mol. The van der Waals surface area contributed by atoms with E-state index in [0.717, 1.165) is 59.6 Å². The highest BCUT2D eigenvalue weighted by molar-refractivity contribution is 5.79. The van der Waals surface area contributed by atoms with Crippen molar-refractivity contribution in [3.05, 3.63) is 112 Å². The molecule has 198 valence electrons. The van der Waals surface area contributed by atoms with Crippen LogP contribution in [0.15, 0.2) is 83.7 Å². The fraction of sp³-hybridized carbons (Fsp3) is 0.267. The van der Waals surface area contributed by atoms with Crippen LogP contribution in [0, 0.1) is 6.92 Å². The van der Waals surface area contributed by atoms with Crippen LogP contribution in [0.1, 0.15) is 28.6 Å². The Morgan fingerprint density at radius 2 is 1.72 bits per heavy atom. The minimum absolute atomic E-state index is 0.127. The van der Waals surface area contributed by atoms with Gasteiger partial charge >= 0.3 is 0 Å².